The van der Waals surface area contributed by atoms with Crippen molar-refractivity contribution in [3.63, 3.8) is 0 Å². The van der Waals surface area contributed by atoms with Crippen LogP contribution in [0.15, 0.2) is 49.1 Å². The van der Waals surface area contributed by atoms with Gasteiger partial charge in [0.05, 0.1) is 18.4 Å². The van der Waals surface area contributed by atoms with E-state index in [0.29, 0.717) is 23.6 Å². The Morgan fingerprint density at radius 2 is 2.13 bits per heavy atom. The molecule has 3 heterocycles. The van der Waals surface area contributed by atoms with Crippen molar-refractivity contribution < 1.29 is 9.53 Å². The van der Waals surface area contributed by atoms with E-state index < -0.39 is 5.97 Å². The van der Waals surface area contributed by atoms with Crippen LogP contribution in [0.3, 0.4) is 0 Å². The number of carbonyl (C=O) groups is 1. The summed E-state index contributed by atoms with van der Waals surface area (Å²) < 4.78 is 8.81. The highest BCUT2D eigenvalue weighted by atomic mass is 16.5. The Balaban J connectivity index is 1.72. The van der Waals surface area contributed by atoms with Crippen LogP contribution in [0.5, 0.6) is 0 Å². The molecule has 0 unspecified atom stereocenters. The largest absolute Gasteiger partial charge is 0.457 e. The fraction of sp³-hybridized carbons (Fsp3) is 0.250. The van der Waals surface area contributed by atoms with Crippen LogP contribution in [0.25, 0.3) is 5.82 Å². The molecule has 118 valence electrons. The lowest BCUT2D eigenvalue weighted by Gasteiger charge is -2.13. The first-order valence-electron chi connectivity index (χ1n) is 7.29. The number of carbonyl (C=O) groups excluding carboxylic acids is 1. The van der Waals surface area contributed by atoms with E-state index in [-0.39, 0.29) is 6.10 Å². The van der Waals surface area contributed by atoms with Crippen LogP contribution >= 0.6 is 0 Å². The highest BCUT2D eigenvalue weighted by molar-refractivity contribution is 5.90. The van der Waals surface area contributed by atoms with Gasteiger partial charge in [0.15, 0.2) is 5.82 Å². The van der Waals surface area contributed by atoms with Crippen molar-refractivity contribution in [1.29, 1.82) is 0 Å². The van der Waals surface area contributed by atoms with Gasteiger partial charge in [0.2, 0.25) is 0 Å². The first kappa shape index (κ1) is 15.0. The van der Waals surface area contributed by atoms with E-state index in [1.165, 1.54) is 6.20 Å². The molecule has 3 rings (SSSR count). The molecule has 0 bridgehead atoms. The molecule has 0 saturated carbocycles. The molecule has 0 N–H and O–H groups in total. The minimum absolute atomic E-state index is 0.292. The standard InChI is InChI=1S/C16H17N5O2/c1-12(11-20-9-5-8-18-20)23-16(22)14-10-19-21(13(14)2)15-6-3-4-7-17-15/h3-10,12H,11H2,1-2H3/t12-/m0/s1. The predicted octanol–water partition coefficient (Wildman–Crippen LogP) is 2.02. The van der Waals surface area contributed by atoms with Gasteiger partial charge in [-0.2, -0.15) is 10.2 Å². The van der Waals surface area contributed by atoms with Crippen molar-refractivity contribution in [1.82, 2.24) is 24.5 Å². The number of esters is 1. The van der Waals surface area contributed by atoms with Gasteiger partial charge in [0, 0.05) is 18.6 Å². The van der Waals surface area contributed by atoms with Gasteiger partial charge in [-0.05, 0) is 32.0 Å². The topological polar surface area (TPSA) is 74.8 Å². The zero-order valence-electron chi connectivity index (χ0n) is 13.0. The summed E-state index contributed by atoms with van der Waals surface area (Å²) in [5, 5.41) is 8.32. The van der Waals surface area contributed by atoms with E-state index in [0.717, 1.165) is 0 Å². The Bertz CT molecular complexity index is 780. The molecule has 0 aliphatic rings. The maximum absolute atomic E-state index is 12.3. The lowest BCUT2D eigenvalue weighted by atomic mass is 10.2. The molecular weight excluding hydrogens is 294 g/mol. The molecule has 7 nitrogen and oxygen atoms in total. The van der Waals surface area contributed by atoms with Crippen molar-refractivity contribution in [3.05, 3.63) is 60.3 Å². The van der Waals surface area contributed by atoms with Gasteiger partial charge in [-0.1, -0.05) is 6.07 Å². The molecule has 23 heavy (non-hydrogen) atoms. The maximum atomic E-state index is 12.3. The third-order valence-electron chi connectivity index (χ3n) is 3.41. The number of hydrogen-bond acceptors (Lipinski definition) is 5. The molecule has 0 radical (unpaired) electrons. The molecular formula is C16H17N5O2. The van der Waals surface area contributed by atoms with Crippen LogP contribution in [0.1, 0.15) is 23.0 Å². The van der Waals surface area contributed by atoms with Crippen LogP contribution in [0.2, 0.25) is 0 Å². The molecule has 0 aliphatic heterocycles. The third-order valence-corrected chi connectivity index (χ3v) is 3.41. The second kappa shape index (κ2) is 6.43. The number of hydrogen-bond donors (Lipinski definition) is 0. The quantitative estimate of drug-likeness (QED) is 0.674. The van der Waals surface area contributed by atoms with Gasteiger partial charge in [0.25, 0.3) is 0 Å². The van der Waals surface area contributed by atoms with Crippen molar-refractivity contribution in [2.75, 3.05) is 0 Å². The summed E-state index contributed by atoms with van der Waals surface area (Å²) in [6.07, 6.45) is 6.41. The Morgan fingerprint density at radius 3 is 2.83 bits per heavy atom. The van der Waals surface area contributed by atoms with Gasteiger partial charge in [-0.15, -0.1) is 0 Å². The highest BCUT2D eigenvalue weighted by Crippen LogP contribution is 2.14. The smallest absolute Gasteiger partial charge is 0.341 e. The van der Waals surface area contributed by atoms with E-state index in [9.17, 15) is 4.79 Å². The lowest BCUT2D eigenvalue weighted by molar-refractivity contribution is 0.0298. The molecule has 0 amide bonds. The Morgan fingerprint density at radius 1 is 1.26 bits per heavy atom. The summed E-state index contributed by atoms with van der Waals surface area (Å²) in [7, 11) is 0. The van der Waals surface area contributed by atoms with E-state index in [2.05, 4.69) is 15.2 Å². The SMILES string of the molecule is Cc1c(C(=O)O[C@@H](C)Cn2cccn2)cnn1-c1ccccn1. The van der Waals surface area contributed by atoms with Gasteiger partial charge in [0.1, 0.15) is 11.7 Å². The monoisotopic (exact) mass is 311 g/mol. The van der Waals surface area contributed by atoms with Crippen molar-refractivity contribution in [2.45, 2.75) is 26.5 Å². The Labute approximate surface area is 133 Å². The number of rotatable bonds is 5. The van der Waals surface area contributed by atoms with E-state index in [1.54, 1.807) is 21.8 Å². The van der Waals surface area contributed by atoms with Crippen LogP contribution in [0, 0.1) is 6.92 Å². The molecule has 0 saturated heterocycles. The molecule has 3 aromatic rings. The minimum atomic E-state index is -0.399. The number of pyridine rings is 1. The fourth-order valence-electron chi connectivity index (χ4n) is 2.28. The minimum Gasteiger partial charge on any atom is -0.457 e. The molecule has 0 aromatic carbocycles. The second-order valence-corrected chi connectivity index (χ2v) is 5.19. The summed E-state index contributed by atoms with van der Waals surface area (Å²) in [6, 6.07) is 7.35. The Kier molecular flexibility index (Phi) is 4.18. The third kappa shape index (κ3) is 3.28. The van der Waals surface area contributed by atoms with Crippen LogP contribution in [-0.4, -0.2) is 36.6 Å². The number of nitrogens with zero attached hydrogens (tertiary/aromatic N) is 5. The van der Waals surface area contributed by atoms with Gasteiger partial charge >= 0.3 is 5.97 Å². The van der Waals surface area contributed by atoms with Crippen molar-refractivity contribution >= 4 is 5.97 Å². The van der Waals surface area contributed by atoms with Crippen LogP contribution in [0.4, 0.5) is 0 Å². The van der Waals surface area contributed by atoms with E-state index in [4.69, 9.17) is 4.74 Å². The molecule has 3 aromatic heterocycles. The van der Waals surface area contributed by atoms with E-state index in [1.807, 2.05) is 44.3 Å². The molecule has 0 fully saturated rings. The van der Waals surface area contributed by atoms with Gasteiger partial charge in [-0.25, -0.2) is 14.5 Å². The first-order chi connectivity index (χ1) is 11.1. The van der Waals surface area contributed by atoms with Crippen molar-refractivity contribution in [2.24, 2.45) is 0 Å². The molecule has 0 spiro atoms. The van der Waals surface area contributed by atoms with Gasteiger partial charge in [-0.3, -0.25) is 4.68 Å². The lowest BCUT2D eigenvalue weighted by Crippen LogP contribution is -2.21. The summed E-state index contributed by atoms with van der Waals surface area (Å²) in [6.45, 7) is 4.15. The molecule has 1 atom stereocenters. The Hall–Kier alpha value is -2.96. The fourth-order valence-corrected chi connectivity index (χ4v) is 2.28. The number of ether oxygens (including phenoxy) is 1. The average molecular weight is 311 g/mol. The zero-order valence-corrected chi connectivity index (χ0v) is 13.0. The van der Waals surface area contributed by atoms with Crippen molar-refractivity contribution in [3.8, 4) is 5.82 Å². The summed E-state index contributed by atoms with van der Waals surface area (Å²) in [5.74, 6) is 0.262. The molecule has 7 heteroatoms. The summed E-state index contributed by atoms with van der Waals surface area (Å²) in [5.41, 5.74) is 1.13. The average Bonchev–Trinajstić information content (AvgIpc) is 3.17. The van der Waals surface area contributed by atoms with Crippen LogP contribution in [-0.2, 0) is 11.3 Å². The second-order valence-electron chi connectivity index (χ2n) is 5.19. The van der Waals surface area contributed by atoms with E-state index >= 15 is 0 Å². The highest BCUT2D eigenvalue weighted by Gasteiger charge is 2.19. The summed E-state index contributed by atoms with van der Waals surface area (Å²) in [4.78, 5) is 16.6. The predicted molar refractivity (Wildman–Crippen MR) is 83.2 cm³/mol. The first-order valence-corrected chi connectivity index (χ1v) is 7.29. The zero-order chi connectivity index (χ0) is 16.2. The number of aromatic nitrogens is 5. The summed E-state index contributed by atoms with van der Waals surface area (Å²) >= 11 is 0. The maximum Gasteiger partial charge on any atom is 0.341 e. The van der Waals surface area contributed by atoms with Gasteiger partial charge < -0.3 is 4.74 Å². The molecule has 0 aliphatic carbocycles. The normalized spacial score (nSPS) is 12.1. The van der Waals surface area contributed by atoms with Crippen LogP contribution < -0.4 is 0 Å².